The van der Waals surface area contributed by atoms with Crippen LogP contribution >= 0.6 is 0 Å². The summed E-state index contributed by atoms with van der Waals surface area (Å²) < 4.78 is 0. The van der Waals surface area contributed by atoms with Crippen molar-refractivity contribution in [3.05, 3.63) is 34.1 Å². The SMILES string of the molecule is O=C(O)N[C@@]1(c2ccncc2[N+](=O)[O-])CCNC1. The van der Waals surface area contributed by atoms with Gasteiger partial charge in [0.05, 0.1) is 16.0 Å². The molecule has 0 saturated carbocycles. The Morgan fingerprint density at radius 3 is 3.00 bits per heavy atom. The zero-order chi connectivity index (χ0) is 13.2. The number of nitro groups is 1. The molecule has 96 valence electrons. The van der Waals surface area contributed by atoms with Crippen molar-refractivity contribution in [1.82, 2.24) is 15.6 Å². The topological polar surface area (TPSA) is 117 Å². The van der Waals surface area contributed by atoms with Gasteiger partial charge < -0.3 is 15.7 Å². The summed E-state index contributed by atoms with van der Waals surface area (Å²) in [6.07, 6.45) is 1.82. The summed E-state index contributed by atoms with van der Waals surface area (Å²) in [5.41, 5.74) is -0.790. The zero-order valence-electron chi connectivity index (χ0n) is 9.42. The molecule has 2 rings (SSSR count). The highest BCUT2D eigenvalue weighted by molar-refractivity contribution is 5.67. The van der Waals surface area contributed by atoms with Crippen LogP contribution in [0, 0.1) is 10.1 Å². The lowest BCUT2D eigenvalue weighted by Gasteiger charge is -2.27. The number of carbonyl (C=O) groups is 1. The normalized spacial score (nSPS) is 22.7. The molecule has 1 aliphatic heterocycles. The maximum Gasteiger partial charge on any atom is 0.405 e. The molecular weight excluding hydrogens is 240 g/mol. The number of hydrogen-bond donors (Lipinski definition) is 3. The van der Waals surface area contributed by atoms with Crippen LogP contribution in [0.2, 0.25) is 0 Å². The van der Waals surface area contributed by atoms with E-state index < -0.39 is 16.6 Å². The van der Waals surface area contributed by atoms with Crippen molar-refractivity contribution in [3.63, 3.8) is 0 Å². The number of pyridine rings is 1. The summed E-state index contributed by atoms with van der Waals surface area (Å²) in [6, 6.07) is 1.49. The summed E-state index contributed by atoms with van der Waals surface area (Å²) in [5.74, 6) is 0. The molecule has 1 amide bonds. The van der Waals surface area contributed by atoms with Crippen molar-refractivity contribution in [2.24, 2.45) is 0 Å². The minimum atomic E-state index is -1.20. The Balaban J connectivity index is 2.49. The van der Waals surface area contributed by atoms with Crippen LogP contribution in [-0.2, 0) is 5.54 Å². The van der Waals surface area contributed by atoms with E-state index in [-0.39, 0.29) is 5.69 Å². The standard InChI is InChI=1S/C10H12N4O4/c15-9(16)13-10(2-4-12-6-10)7-1-3-11-5-8(7)14(17)18/h1,3,5,12-13H,2,4,6H2,(H,15,16)/t10-/m0/s1. The van der Waals surface area contributed by atoms with Gasteiger partial charge in [-0.1, -0.05) is 0 Å². The van der Waals surface area contributed by atoms with Crippen molar-refractivity contribution < 1.29 is 14.8 Å². The van der Waals surface area contributed by atoms with E-state index in [4.69, 9.17) is 5.11 Å². The van der Waals surface area contributed by atoms with E-state index in [9.17, 15) is 14.9 Å². The lowest BCUT2D eigenvalue weighted by molar-refractivity contribution is -0.386. The molecule has 1 aromatic rings. The summed E-state index contributed by atoms with van der Waals surface area (Å²) in [7, 11) is 0. The van der Waals surface area contributed by atoms with E-state index in [1.165, 1.54) is 12.3 Å². The third-order valence-corrected chi connectivity index (χ3v) is 3.01. The van der Waals surface area contributed by atoms with E-state index in [0.29, 0.717) is 25.1 Å². The second-order valence-corrected chi connectivity index (χ2v) is 4.09. The lowest BCUT2D eigenvalue weighted by Crippen LogP contribution is -2.47. The first kappa shape index (κ1) is 12.2. The summed E-state index contributed by atoms with van der Waals surface area (Å²) in [4.78, 5) is 25.0. The van der Waals surface area contributed by atoms with Crippen LogP contribution in [0.5, 0.6) is 0 Å². The fourth-order valence-electron chi connectivity index (χ4n) is 2.24. The molecule has 18 heavy (non-hydrogen) atoms. The molecule has 1 aromatic heterocycles. The Morgan fingerprint density at radius 1 is 1.67 bits per heavy atom. The first-order chi connectivity index (χ1) is 8.55. The summed E-state index contributed by atoms with van der Waals surface area (Å²) >= 11 is 0. The molecule has 2 heterocycles. The third kappa shape index (κ3) is 2.09. The van der Waals surface area contributed by atoms with Crippen LogP contribution in [0.1, 0.15) is 12.0 Å². The third-order valence-electron chi connectivity index (χ3n) is 3.01. The molecule has 1 atom stereocenters. The predicted octanol–water partition coefficient (Wildman–Crippen LogP) is 0.446. The Kier molecular flexibility index (Phi) is 3.11. The Bertz CT molecular complexity index is 485. The molecule has 0 bridgehead atoms. The number of carboxylic acid groups (broad SMARTS) is 1. The second-order valence-electron chi connectivity index (χ2n) is 4.09. The van der Waals surface area contributed by atoms with Crippen LogP contribution in [0.25, 0.3) is 0 Å². The fraction of sp³-hybridized carbons (Fsp3) is 0.400. The van der Waals surface area contributed by atoms with Crippen molar-refractivity contribution in [3.8, 4) is 0 Å². The molecule has 8 heteroatoms. The Hall–Kier alpha value is -2.22. The smallest absolute Gasteiger partial charge is 0.405 e. The molecular formula is C10H12N4O4. The number of nitrogens with zero attached hydrogens (tertiary/aromatic N) is 2. The van der Waals surface area contributed by atoms with Crippen molar-refractivity contribution in [1.29, 1.82) is 0 Å². The number of amides is 1. The van der Waals surface area contributed by atoms with Gasteiger partial charge in [-0.2, -0.15) is 0 Å². The van der Waals surface area contributed by atoms with Gasteiger partial charge in [-0.05, 0) is 19.0 Å². The highest BCUT2D eigenvalue weighted by Crippen LogP contribution is 2.33. The van der Waals surface area contributed by atoms with E-state index in [1.54, 1.807) is 0 Å². The van der Waals surface area contributed by atoms with Crippen molar-refractivity contribution >= 4 is 11.8 Å². The molecule has 1 fully saturated rings. The van der Waals surface area contributed by atoms with Gasteiger partial charge in [-0.25, -0.2) is 4.79 Å². The fourth-order valence-corrected chi connectivity index (χ4v) is 2.24. The van der Waals surface area contributed by atoms with E-state index in [1.807, 2.05) is 0 Å². The van der Waals surface area contributed by atoms with Crippen molar-refractivity contribution in [2.45, 2.75) is 12.0 Å². The number of nitrogens with one attached hydrogen (secondary N) is 2. The molecule has 0 spiro atoms. The predicted molar refractivity (Wildman–Crippen MR) is 61.2 cm³/mol. The molecule has 3 N–H and O–H groups in total. The van der Waals surface area contributed by atoms with Gasteiger partial charge in [0.25, 0.3) is 5.69 Å². The number of rotatable bonds is 3. The summed E-state index contributed by atoms with van der Waals surface area (Å²) in [5, 5.41) is 25.3. The van der Waals surface area contributed by atoms with Crippen LogP contribution < -0.4 is 10.6 Å². The number of aromatic nitrogens is 1. The van der Waals surface area contributed by atoms with E-state index in [0.717, 1.165) is 6.20 Å². The number of hydrogen-bond acceptors (Lipinski definition) is 5. The van der Waals surface area contributed by atoms with Crippen molar-refractivity contribution in [2.75, 3.05) is 13.1 Å². The van der Waals surface area contributed by atoms with Gasteiger partial charge in [-0.15, -0.1) is 0 Å². The highest BCUT2D eigenvalue weighted by Gasteiger charge is 2.41. The Morgan fingerprint density at radius 2 is 2.44 bits per heavy atom. The first-order valence-electron chi connectivity index (χ1n) is 5.36. The molecule has 0 unspecified atom stereocenters. The maximum atomic E-state index is 11.0. The highest BCUT2D eigenvalue weighted by atomic mass is 16.6. The molecule has 1 saturated heterocycles. The van der Waals surface area contributed by atoms with Gasteiger partial charge in [0.2, 0.25) is 0 Å². The zero-order valence-corrected chi connectivity index (χ0v) is 9.42. The largest absolute Gasteiger partial charge is 0.465 e. The van der Waals surface area contributed by atoms with E-state index >= 15 is 0 Å². The second kappa shape index (κ2) is 4.57. The minimum Gasteiger partial charge on any atom is -0.465 e. The first-order valence-corrected chi connectivity index (χ1v) is 5.36. The van der Waals surface area contributed by atoms with Gasteiger partial charge in [0.15, 0.2) is 0 Å². The van der Waals surface area contributed by atoms with Crippen LogP contribution in [-0.4, -0.2) is 34.2 Å². The summed E-state index contributed by atoms with van der Waals surface area (Å²) in [6.45, 7) is 0.921. The van der Waals surface area contributed by atoms with Gasteiger partial charge in [-0.3, -0.25) is 15.1 Å². The molecule has 1 aliphatic rings. The molecule has 8 nitrogen and oxygen atoms in total. The quantitative estimate of drug-likeness (QED) is 0.531. The monoisotopic (exact) mass is 252 g/mol. The van der Waals surface area contributed by atoms with Gasteiger partial charge in [0.1, 0.15) is 6.20 Å². The maximum absolute atomic E-state index is 11.0. The molecule has 0 radical (unpaired) electrons. The average Bonchev–Trinajstić information content (AvgIpc) is 2.77. The minimum absolute atomic E-state index is 0.171. The van der Waals surface area contributed by atoms with Crippen LogP contribution in [0.3, 0.4) is 0 Å². The molecule has 0 aliphatic carbocycles. The lowest BCUT2D eigenvalue weighted by atomic mass is 9.88. The molecule has 0 aromatic carbocycles. The Labute approximate surface area is 102 Å². The van der Waals surface area contributed by atoms with E-state index in [2.05, 4.69) is 15.6 Å². The average molecular weight is 252 g/mol. The van der Waals surface area contributed by atoms with Crippen LogP contribution in [0.4, 0.5) is 10.5 Å². The van der Waals surface area contributed by atoms with Gasteiger partial charge in [0, 0.05) is 12.7 Å². The van der Waals surface area contributed by atoms with Crippen LogP contribution in [0.15, 0.2) is 18.5 Å². The van der Waals surface area contributed by atoms with Gasteiger partial charge >= 0.3 is 6.09 Å².